The van der Waals surface area contributed by atoms with E-state index in [4.69, 9.17) is 4.42 Å². The SMILES string of the molecule is CCC(CC1CC1)NCc1ccc(C)o1. The number of hydrogen-bond donors (Lipinski definition) is 1. The first kappa shape index (κ1) is 10.7. The number of aryl methyl sites for hydroxylation is 1. The van der Waals surface area contributed by atoms with E-state index in [1.807, 2.05) is 13.0 Å². The Morgan fingerprint density at radius 1 is 1.47 bits per heavy atom. The molecular weight excluding hydrogens is 186 g/mol. The molecule has 0 aliphatic heterocycles. The van der Waals surface area contributed by atoms with Gasteiger partial charge in [-0.1, -0.05) is 19.8 Å². The minimum absolute atomic E-state index is 0.669. The van der Waals surface area contributed by atoms with E-state index < -0.39 is 0 Å². The van der Waals surface area contributed by atoms with Crippen LogP contribution in [0.25, 0.3) is 0 Å². The zero-order valence-electron chi connectivity index (χ0n) is 9.75. The third kappa shape index (κ3) is 3.38. The van der Waals surface area contributed by atoms with Crippen molar-refractivity contribution in [2.75, 3.05) is 0 Å². The second-order valence-corrected chi connectivity index (χ2v) is 4.68. The first-order chi connectivity index (χ1) is 7.28. The number of rotatable bonds is 6. The molecule has 84 valence electrons. The lowest BCUT2D eigenvalue weighted by Gasteiger charge is -2.15. The Bertz CT molecular complexity index is 301. The molecule has 1 aliphatic carbocycles. The molecule has 0 spiro atoms. The maximum atomic E-state index is 5.54. The molecule has 0 aromatic carbocycles. The summed E-state index contributed by atoms with van der Waals surface area (Å²) < 4.78 is 5.54. The summed E-state index contributed by atoms with van der Waals surface area (Å²) in [6.45, 7) is 5.12. The summed E-state index contributed by atoms with van der Waals surface area (Å²) in [7, 11) is 0. The predicted octanol–water partition coefficient (Wildman–Crippen LogP) is 3.26. The van der Waals surface area contributed by atoms with Gasteiger partial charge in [-0.15, -0.1) is 0 Å². The van der Waals surface area contributed by atoms with Gasteiger partial charge in [-0.05, 0) is 37.8 Å². The Kier molecular flexibility index (Phi) is 3.47. The van der Waals surface area contributed by atoms with Crippen LogP contribution in [-0.4, -0.2) is 6.04 Å². The highest BCUT2D eigenvalue weighted by atomic mass is 16.3. The van der Waals surface area contributed by atoms with E-state index in [2.05, 4.69) is 18.3 Å². The molecule has 0 radical (unpaired) electrons. The van der Waals surface area contributed by atoms with Gasteiger partial charge in [-0.3, -0.25) is 0 Å². The summed E-state index contributed by atoms with van der Waals surface area (Å²) in [5, 5.41) is 3.58. The summed E-state index contributed by atoms with van der Waals surface area (Å²) in [6.07, 6.45) is 5.45. The molecule has 0 bridgehead atoms. The highest BCUT2D eigenvalue weighted by Crippen LogP contribution is 2.34. The van der Waals surface area contributed by atoms with Crippen molar-refractivity contribution in [3.63, 3.8) is 0 Å². The molecule has 2 rings (SSSR count). The molecule has 0 amide bonds. The maximum Gasteiger partial charge on any atom is 0.117 e. The lowest BCUT2D eigenvalue weighted by atomic mass is 10.1. The van der Waals surface area contributed by atoms with Crippen molar-refractivity contribution >= 4 is 0 Å². The van der Waals surface area contributed by atoms with Crippen molar-refractivity contribution in [3.05, 3.63) is 23.7 Å². The Hall–Kier alpha value is -0.760. The van der Waals surface area contributed by atoms with E-state index in [1.165, 1.54) is 25.7 Å². The van der Waals surface area contributed by atoms with E-state index >= 15 is 0 Å². The molecule has 1 atom stereocenters. The summed E-state index contributed by atoms with van der Waals surface area (Å²) in [6, 6.07) is 4.76. The van der Waals surface area contributed by atoms with Gasteiger partial charge < -0.3 is 9.73 Å². The normalized spacial score (nSPS) is 18.0. The van der Waals surface area contributed by atoms with Gasteiger partial charge in [0.2, 0.25) is 0 Å². The van der Waals surface area contributed by atoms with Crippen molar-refractivity contribution in [1.29, 1.82) is 0 Å². The topological polar surface area (TPSA) is 25.2 Å². The van der Waals surface area contributed by atoms with E-state index in [0.717, 1.165) is 24.0 Å². The number of hydrogen-bond acceptors (Lipinski definition) is 2. The predicted molar refractivity (Wildman–Crippen MR) is 61.7 cm³/mol. The van der Waals surface area contributed by atoms with Crippen molar-refractivity contribution in [3.8, 4) is 0 Å². The Morgan fingerprint density at radius 3 is 2.80 bits per heavy atom. The van der Waals surface area contributed by atoms with Crippen LogP contribution in [0.4, 0.5) is 0 Å². The van der Waals surface area contributed by atoms with Crippen LogP contribution in [0.1, 0.15) is 44.1 Å². The molecule has 1 unspecified atom stereocenters. The van der Waals surface area contributed by atoms with Crippen LogP contribution in [0.2, 0.25) is 0 Å². The Balaban J connectivity index is 1.74. The summed E-state index contributed by atoms with van der Waals surface area (Å²) >= 11 is 0. The van der Waals surface area contributed by atoms with Crippen molar-refractivity contribution in [2.45, 2.75) is 52.1 Å². The average Bonchev–Trinajstić information content (AvgIpc) is 2.95. The molecule has 1 fully saturated rings. The van der Waals surface area contributed by atoms with E-state index in [0.29, 0.717) is 6.04 Å². The minimum Gasteiger partial charge on any atom is -0.465 e. The van der Waals surface area contributed by atoms with Crippen LogP contribution in [0.5, 0.6) is 0 Å². The van der Waals surface area contributed by atoms with E-state index in [9.17, 15) is 0 Å². The standard InChI is InChI=1S/C13H21NO/c1-3-12(8-11-5-6-11)14-9-13-7-4-10(2)15-13/h4,7,11-12,14H,3,5-6,8-9H2,1-2H3. The molecule has 0 saturated heterocycles. The monoisotopic (exact) mass is 207 g/mol. The van der Waals surface area contributed by atoms with Gasteiger partial charge in [0.25, 0.3) is 0 Å². The van der Waals surface area contributed by atoms with Gasteiger partial charge in [-0.2, -0.15) is 0 Å². The van der Waals surface area contributed by atoms with Gasteiger partial charge in [0.1, 0.15) is 11.5 Å². The second-order valence-electron chi connectivity index (χ2n) is 4.68. The molecule has 1 aromatic heterocycles. The fourth-order valence-electron chi connectivity index (χ4n) is 1.98. The van der Waals surface area contributed by atoms with Crippen LogP contribution in [0, 0.1) is 12.8 Å². The van der Waals surface area contributed by atoms with Crippen LogP contribution >= 0.6 is 0 Å². The van der Waals surface area contributed by atoms with Crippen LogP contribution < -0.4 is 5.32 Å². The van der Waals surface area contributed by atoms with Gasteiger partial charge >= 0.3 is 0 Å². The fourth-order valence-corrected chi connectivity index (χ4v) is 1.98. The summed E-state index contributed by atoms with van der Waals surface area (Å²) in [5.74, 6) is 3.06. The van der Waals surface area contributed by atoms with Crippen molar-refractivity contribution in [2.24, 2.45) is 5.92 Å². The molecule has 1 aromatic rings. The van der Waals surface area contributed by atoms with E-state index in [-0.39, 0.29) is 0 Å². The lowest BCUT2D eigenvalue weighted by Crippen LogP contribution is -2.28. The van der Waals surface area contributed by atoms with Crippen LogP contribution in [0.3, 0.4) is 0 Å². The Morgan fingerprint density at radius 2 is 2.27 bits per heavy atom. The molecule has 2 nitrogen and oxygen atoms in total. The third-order valence-electron chi connectivity index (χ3n) is 3.17. The summed E-state index contributed by atoms with van der Waals surface area (Å²) in [5.41, 5.74) is 0. The van der Waals surface area contributed by atoms with Gasteiger partial charge in [-0.25, -0.2) is 0 Å². The maximum absolute atomic E-state index is 5.54. The zero-order valence-corrected chi connectivity index (χ0v) is 9.75. The first-order valence-electron chi connectivity index (χ1n) is 6.06. The molecule has 1 N–H and O–H groups in total. The smallest absolute Gasteiger partial charge is 0.117 e. The van der Waals surface area contributed by atoms with Gasteiger partial charge in [0, 0.05) is 6.04 Å². The average molecular weight is 207 g/mol. The third-order valence-corrected chi connectivity index (χ3v) is 3.17. The van der Waals surface area contributed by atoms with Crippen molar-refractivity contribution < 1.29 is 4.42 Å². The quantitative estimate of drug-likeness (QED) is 0.774. The lowest BCUT2D eigenvalue weighted by molar-refractivity contribution is 0.402. The number of furan rings is 1. The Labute approximate surface area is 92.1 Å². The van der Waals surface area contributed by atoms with Gasteiger partial charge in [0.05, 0.1) is 6.54 Å². The molecule has 1 saturated carbocycles. The largest absolute Gasteiger partial charge is 0.465 e. The molecular formula is C13H21NO. The second kappa shape index (κ2) is 4.84. The van der Waals surface area contributed by atoms with Crippen LogP contribution in [0.15, 0.2) is 16.5 Å². The minimum atomic E-state index is 0.669. The fraction of sp³-hybridized carbons (Fsp3) is 0.692. The molecule has 2 heteroatoms. The molecule has 1 aliphatic rings. The molecule has 1 heterocycles. The van der Waals surface area contributed by atoms with Gasteiger partial charge in [0.15, 0.2) is 0 Å². The first-order valence-corrected chi connectivity index (χ1v) is 6.06. The molecule has 15 heavy (non-hydrogen) atoms. The summed E-state index contributed by atoms with van der Waals surface area (Å²) in [4.78, 5) is 0. The number of nitrogens with one attached hydrogen (secondary N) is 1. The van der Waals surface area contributed by atoms with E-state index in [1.54, 1.807) is 0 Å². The highest BCUT2D eigenvalue weighted by molar-refractivity contribution is 5.05. The highest BCUT2D eigenvalue weighted by Gasteiger charge is 2.24. The van der Waals surface area contributed by atoms with Crippen LogP contribution in [-0.2, 0) is 6.54 Å². The zero-order chi connectivity index (χ0) is 10.7. The van der Waals surface area contributed by atoms with Crippen molar-refractivity contribution in [1.82, 2.24) is 5.32 Å².